The second kappa shape index (κ2) is 15.0. The van der Waals surface area contributed by atoms with Crippen molar-refractivity contribution in [3.63, 3.8) is 0 Å². The van der Waals surface area contributed by atoms with Gasteiger partial charge in [0.05, 0.1) is 0 Å². The minimum Gasteiger partial charge on any atom is -0.358 e. The molecule has 0 aliphatic heterocycles. The van der Waals surface area contributed by atoms with Crippen molar-refractivity contribution >= 4 is 0 Å². The molecule has 0 unspecified atom stereocenters. The maximum absolute atomic E-state index is 3.24. The fraction of sp³-hybridized carbons (Fsp3) is 0.462. The molecule has 0 nitrogen and oxygen atoms in total. The van der Waals surface area contributed by atoms with Crippen LogP contribution < -0.4 is 0 Å². The Kier molecular flexibility index (Phi) is 25.0. The molecule has 1 aromatic rings. The summed E-state index contributed by atoms with van der Waals surface area (Å²) >= 11 is 0. The van der Waals surface area contributed by atoms with Crippen LogP contribution in [0.2, 0.25) is 0 Å². The zero-order valence-corrected chi connectivity index (χ0v) is 16.6. The first-order chi connectivity index (χ1) is 5.72. The van der Waals surface area contributed by atoms with Gasteiger partial charge in [0.1, 0.15) is 0 Å². The molecule has 0 bridgehead atoms. The van der Waals surface area contributed by atoms with E-state index in [9.17, 15) is 0 Å². The summed E-state index contributed by atoms with van der Waals surface area (Å²) in [6, 6.07) is 9.37. The van der Waals surface area contributed by atoms with Gasteiger partial charge in [-0.15, -0.1) is 0 Å². The Balaban J connectivity index is -0.000000114. The van der Waals surface area contributed by atoms with E-state index in [4.69, 9.17) is 0 Å². The zero-order valence-electron chi connectivity index (χ0n) is 10.8. The van der Waals surface area contributed by atoms with Gasteiger partial charge < -0.3 is 7.43 Å². The molecule has 1 radical (unpaired) electrons. The van der Waals surface area contributed by atoms with E-state index in [1.54, 1.807) is 0 Å². The van der Waals surface area contributed by atoms with Gasteiger partial charge in [0.15, 0.2) is 0 Å². The van der Waals surface area contributed by atoms with E-state index in [1.807, 2.05) is 26.0 Å². The van der Waals surface area contributed by atoms with Gasteiger partial charge in [0.2, 0.25) is 0 Å². The number of rotatable bonds is 1. The summed E-state index contributed by atoms with van der Waals surface area (Å²) in [6.07, 6.45) is 0. The molecule has 0 amide bonds. The molecule has 0 saturated heterocycles. The van der Waals surface area contributed by atoms with Crippen LogP contribution in [-0.4, -0.2) is 0 Å². The largest absolute Gasteiger partial charge is 0.358 e. The van der Waals surface area contributed by atoms with Crippen molar-refractivity contribution in [3.05, 3.63) is 42.8 Å². The van der Waals surface area contributed by atoms with E-state index < -0.39 is 0 Å². The molecule has 0 fully saturated rings. The average Bonchev–Trinajstić information content (AvgIpc) is 2.08. The van der Waals surface area contributed by atoms with Crippen LogP contribution in [-0.2, 0) is 53.8 Å². The minimum atomic E-state index is 0. The molecule has 0 aliphatic carbocycles. The van der Waals surface area contributed by atoms with Crippen LogP contribution in [0.15, 0.2) is 18.2 Å². The Morgan fingerprint density at radius 2 is 1.67 bits per heavy atom. The molecule has 2 heteroatoms. The minimum absolute atomic E-state index is 0. The van der Waals surface area contributed by atoms with Gasteiger partial charge in [-0.25, -0.2) is 0 Å². The molecular formula is C13H22WY-2. The summed E-state index contributed by atoms with van der Waals surface area (Å²) in [5.74, 6) is 0.598. The fourth-order valence-corrected chi connectivity index (χ4v) is 1.16. The second-order valence-electron chi connectivity index (χ2n) is 2.92. The smallest absolute Gasteiger partial charge is 0 e. The number of hydrogen-bond acceptors (Lipinski definition) is 0. The Hall–Kier alpha value is 1.01. The van der Waals surface area contributed by atoms with Gasteiger partial charge in [-0.05, 0) is 5.92 Å². The summed E-state index contributed by atoms with van der Waals surface area (Å²) in [5.41, 5.74) is 2.68. The standard InChI is InChI=1S/C10H13.C2H6.CH3.W.Y/c1-8(2)10-7-5-4-6-9(10)3;1-2;;;/h4-6,8H,1-3H3;1-2H3;1H3;;/q-1;;-1;;. The molecule has 0 N–H and O–H groups in total. The van der Waals surface area contributed by atoms with Crippen molar-refractivity contribution in [2.75, 3.05) is 0 Å². The molecule has 0 aromatic heterocycles. The molecule has 0 atom stereocenters. The molecule has 1 rings (SSSR count). The molecule has 0 spiro atoms. The van der Waals surface area contributed by atoms with Crippen LogP contribution in [0.5, 0.6) is 0 Å². The summed E-state index contributed by atoms with van der Waals surface area (Å²) in [5, 5.41) is 0. The first-order valence-corrected chi connectivity index (χ1v) is 4.69. The first-order valence-electron chi connectivity index (χ1n) is 4.69. The van der Waals surface area contributed by atoms with Crippen molar-refractivity contribution in [3.8, 4) is 0 Å². The van der Waals surface area contributed by atoms with Crippen LogP contribution >= 0.6 is 0 Å². The van der Waals surface area contributed by atoms with E-state index in [-0.39, 0.29) is 61.2 Å². The number of aryl methyl sites for hydroxylation is 1. The Bertz CT molecular complexity index is 222. The molecule has 0 aliphatic rings. The van der Waals surface area contributed by atoms with Crippen LogP contribution in [0.3, 0.4) is 0 Å². The van der Waals surface area contributed by atoms with Crippen molar-refractivity contribution in [2.24, 2.45) is 0 Å². The van der Waals surface area contributed by atoms with Crippen molar-refractivity contribution in [1.82, 2.24) is 0 Å². The van der Waals surface area contributed by atoms with Gasteiger partial charge in [0, 0.05) is 53.8 Å². The molecular weight excluding hydrogens is 429 g/mol. The van der Waals surface area contributed by atoms with E-state index in [0.717, 1.165) is 0 Å². The van der Waals surface area contributed by atoms with Gasteiger partial charge in [-0.2, -0.15) is 35.4 Å². The molecule has 15 heavy (non-hydrogen) atoms. The summed E-state index contributed by atoms with van der Waals surface area (Å²) in [7, 11) is 0. The normalized spacial score (nSPS) is 7.33. The van der Waals surface area contributed by atoms with Crippen molar-refractivity contribution in [1.29, 1.82) is 0 Å². The third kappa shape index (κ3) is 9.91. The van der Waals surface area contributed by atoms with Crippen molar-refractivity contribution < 1.29 is 53.8 Å². The van der Waals surface area contributed by atoms with Crippen LogP contribution in [0, 0.1) is 20.4 Å². The maximum atomic E-state index is 3.24. The van der Waals surface area contributed by atoms with E-state index in [0.29, 0.717) is 5.92 Å². The Morgan fingerprint density at radius 3 is 1.93 bits per heavy atom. The summed E-state index contributed by atoms with van der Waals surface area (Å²) in [4.78, 5) is 0. The monoisotopic (exact) mass is 451 g/mol. The first kappa shape index (κ1) is 25.0. The Morgan fingerprint density at radius 1 is 1.20 bits per heavy atom. The quantitative estimate of drug-likeness (QED) is 0.556. The van der Waals surface area contributed by atoms with Gasteiger partial charge in [-0.3, -0.25) is 0 Å². The predicted molar refractivity (Wildman–Crippen MR) is 61.9 cm³/mol. The third-order valence-corrected chi connectivity index (χ3v) is 1.68. The van der Waals surface area contributed by atoms with Gasteiger partial charge >= 0.3 is 0 Å². The molecule has 1 aromatic carbocycles. The second-order valence-corrected chi connectivity index (χ2v) is 2.92. The molecule has 0 saturated carbocycles. The SMILES string of the molecule is CC.Cc1ccc[c-]c1C(C)C.[CH3-].[W].[Y]. The average molecular weight is 451 g/mol. The van der Waals surface area contributed by atoms with E-state index >= 15 is 0 Å². The molecule has 0 heterocycles. The van der Waals surface area contributed by atoms with Gasteiger partial charge in [-0.1, -0.05) is 34.6 Å². The maximum Gasteiger partial charge on any atom is 0 e. The fourth-order valence-electron chi connectivity index (χ4n) is 1.16. The summed E-state index contributed by atoms with van der Waals surface area (Å²) in [6.45, 7) is 10.5. The number of hydrogen-bond donors (Lipinski definition) is 0. The van der Waals surface area contributed by atoms with Crippen LogP contribution in [0.4, 0.5) is 0 Å². The predicted octanol–water partition coefficient (Wildman–Crippen LogP) is 4.39. The number of benzene rings is 1. The van der Waals surface area contributed by atoms with Crippen LogP contribution in [0.1, 0.15) is 44.7 Å². The van der Waals surface area contributed by atoms with E-state index in [2.05, 4.69) is 32.9 Å². The summed E-state index contributed by atoms with van der Waals surface area (Å²) < 4.78 is 0. The third-order valence-electron chi connectivity index (χ3n) is 1.68. The van der Waals surface area contributed by atoms with E-state index in [1.165, 1.54) is 11.1 Å². The topological polar surface area (TPSA) is 0 Å². The zero-order chi connectivity index (χ0) is 9.56. The molecule has 85 valence electrons. The van der Waals surface area contributed by atoms with Crippen molar-refractivity contribution in [2.45, 2.75) is 40.5 Å². The van der Waals surface area contributed by atoms with Crippen LogP contribution in [0.25, 0.3) is 0 Å². The van der Waals surface area contributed by atoms with Gasteiger partial charge in [0.25, 0.3) is 0 Å². The Labute approximate surface area is 136 Å².